The lowest BCUT2D eigenvalue weighted by Gasteiger charge is -2.10. The van der Waals surface area contributed by atoms with E-state index in [2.05, 4.69) is 24.0 Å². The van der Waals surface area contributed by atoms with E-state index in [4.69, 9.17) is 10.5 Å². The number of aryl methyl sites for hydroxylation is 2. The van der Waals surface area contributed by atoms with Crippen LogP contribution in [0.3, 0.4) is 0 Å². The van der Waals surface area contributed by atoms with Crippen LogP contribution in [0.1, 0.15) is 17.7 Å². The molecule has 0 atom stereocenters. The molecule has 90 valence electrons. The lowest BCUT2D eigenvalue weighted by molar-refractivity contribution is 0.316. The van der Waals surface area contributed by atoms with Gasteiger partial charge in [-0.05, 0) is 44.5 Å². The zero-order chi connectivity index (χ0) is 12.3. The first kappa shape index (κ1) is 11.9. The van der Waals surface area contributed by atoms with Crippen molar-refractivity contribution in [2.75, 3.05) is 13.2 Å². The Morgan fingerprint density at radius 3 is 2.88 bits per heavy atom. The highest BCUT2D eigenvalue weighted by molar-refractivity contribution is 5.87. The molecular formula is C14H18N2O. The Kier molecular flexibility index (Phi) is 3.59. The first-order chi connectivity index (χ1) is 8.22. The van der Waals surface area contributed by atoms with Crippen LogP contribution >= 0.6 is 0 Å². The predicted molar refractivity (Wildman–Crippen MR) is 70.4 cm³/mol. The number of aromatic nitrogens is 1. The van der Waals surface area contributed by atoms with E-state index in [1.54, 1.807) is 0 Å². The molecule has 17 heavy (non-hydrogen) atoms. The zero-order valence-corrected chi connectivity index (χ0v) is 10.4. The molecule has 0 unspecified atom stereocenters. The number of para-hydroxylation sites is 1. The predicted octanol–water partition coefficient (Wildman–Crippen LogP) is 2.58. The molecule has 0 aliphatic carbocycles. The highest BCUT2D eigenvalue weighted by Gasteiger charge is 2.06. The molecule has 0 saturated carbocycles. The Morgan fingerprint density at radius 2 is 2.12 bits per heavy atom. The molecule has 3 nitrogen and oxygen atoms in total. The molecule has 2 aromatic rings. The fourth-order valence-corrected chi connectivity index (χ4v) is 1.94. The summed E-state index contributed by atoms with van der Waals surface area (Å²) in [6.07, 6.45) is 0.862. The average Bonchev–Trinajstić information content (AvgIpc) is 2.30. The molecule has 0 aliphatic heterocycles. The Labute approximate surface area is 102 Å². The molecule has 1 aromatic heterocycles. The molecule has 1 heterocycles. The van der Waals surface area contributed by atoms with Crippen molar-refractivity contribution in [1.29, 1.82) is 0 Å². The minimum atomic E-state index is 0.643. The number of pyridine rings is 1. The van der Waals surface area contributed by atoms with E-state index in [1.165, 1.54) is 5.56 Å². The van der Waals surface area contributed by atoms with Crippen molar-refractivity contribution >= 4 is 10.9 Å². The number of ether oxygens (including phenoxy) is 1. The van der Waals surface area contributed by atoms with Gasteiger partial charge in [-0.2, -0.15) is 0 Å². The molecule has 0 spiro atoms. The van der Waals surface area contributed by atoms with Crippen molar-refractivity contribution in [1.82, 2.24) is 4.98 Å². The molecule has 0 amide bonds. The van der Waals surface area contributed by atoms with E-state index in [0.29, 0.717) is 13.2 Å². The second-order valence-electron chi connectivity index (χ2n) is 4.22. The van der Waals surface area contributed by atoms with Gasteiger partial charge in [0.15, 0.2) is 0 Å². The topological polar surface area (TPSA) is 48.1 Å². The third-order valence-corrected chi connectivity index (χ3v) is 2.74. The van der Waals surface area contributed by atoms with Crippen molar-refractivity contribution in [2.24, 2.45) is 5.73 Å². The summed E-state index contributed by atoms with van der Waals surface area (Å²) in [5.41, 5.74) is 8.66. The summed E-state index contributed by atoms with van der Waals surface area (Å²) in [6, 6.07) is 8.13. The normalized spacial score (nSPS) is 10.8. The molecule has 0 radical (unpaired) electrons. The Hall–Kier alpha value is -1.61. The third-order valence-electron chi connectivity index (χ3n) is 2.74. The largest absolute Gasteiger partial charge is 0.491 e. The van der Waals surface area contributed by atoms with E-state index >= 15 is 0 Å². The van der Waals surface area contributed by atoms with E-state index in [0.717, 1.165) is 28.8 Å². The van der Waals surface area contributed by atoms with Crippen molar-refractivity contribution in [2.45, 2.75) is 20.3 Å². The van der Waals surface area contributed by atoms with Gasteiger partial charge in [-0.1, -0.05) is 12.1 Å². The van der Waals surface area contributed by atoms with E-state index in [9.17, 15) is 0 Å². The number of nitrogens with zero attached hydrogens (tertiary/aromatic N) is 1. The van der Waals surface area contributed by atoms with Gasteiger partial charge in [0.25, 0.3) is 0 Å². The van der Waals surface area contributed by atoms with Crippen LogP contribution in [-0.4, -0.2) is 18.1 Å². The van der Waals surface area contributed by atoms with Gasteiger partial charge < -0.3 is 10.5 Å². The van der Waals surface area contributed by atoms with Crippen molar-refractivity contribution < 1.29 is 4.74 Å². The van der Waals surface area contributed by atoms with Crippen molar-refractivity contribution in [3.05, 3.63) is 35.5 Å². The quantitative estimate of drug-likeness (QED) is 0.821. The van der Waals surface area contributed by atoms with Crippen LogP contribution in [0, 0.1) is 13.8 Å². The molecule has 1 aromatic carbocycles. The molecule has 2 N–H and O–H groups in total. The summed E-state index contributed by atoms with van der Waals surface area (Å²) < 4.78 is 5.73. The van der Waals surface area contributed by atoms with Crippen molar-refractivity contribution in [3.8, 4) is 5.75 Å². The summed E-state index contributed by atoms with van der Waals surface area (Å²) in [7, 11) is 0. The lowest BCUT2D eigenvalue weighted by Crippen LogP contribution is -2.06. The first-order valence-corrected chi connectivity index (χ1v) is 5.92. The maximum atomic E-state index is 5.73. The lowest BCUT2D eigenvalue weighted by atomic mass is 10.1. The third kappa shape index (κ3) is 2.56. The van der Waals surface area contributed by atoms with Crippen LogP contribution in [0.2, 0.25) is 0 Å². The SMILES string of the molecule is Cc1cc(C)c2cccc(OCCCN)c2n1. The van der Waals surface area contributed by atoms with Gasteiger partial charge in [0, 0.05) is 11.1 Å². The monoisotopic (exact) mass is 230 g/mol. The van der Waals surface area contributed by atoms with Gasteiger partial charge >= 0.3 is 0 Å². The molecule has 0 bridgehead atoms. The van der Waals surface area contributed by atoms with E-state index in [-0.39, 0.29) is 0 Å². The van der Waals surface area contributed by atoms with Crippen molar-refractivity contribution in [3.63, 3.8) is 0 Å². The summed E-state index contributed by atoms with van der Waals surface area (Å²) in [4.78, 5) is 4.56. The number of hydrogen-bond acceptors (Lipinski definition) is 3. The molecule has 0 saturated heterocycles. The summed E-state index contributed by atoms with van der Waals surface area (Å²) in [5.74, 6) is 0.850. The van der Waals surface area contributed by atoms with Gasteiger partial charge in [0.2, 0.25) is 0 Å². The maximum Gasteiger partial charge on any atom is 0.145 e. The van der Waals surface area contributed by atoms with E-state index < -0.39 is 0 Å². The second-order valence-corrected chi connectivity index (χ2v) is 4.22. The molecule has 0 aliphatic rings. The van der Waals surface area contributed by atoms with Crippen LogP contribution in [0.5, 0.6) is 5.75 Å². The molecule has 0 fully saturated rings. The number of fused-ring (bicyclic) bond motifs is 1. The highest BCUT2D eigenvalue weighted by Crippen LogP contribution is 2.26. The van der Waals surface area contributed by atoms with Gasteiger partial charge in [-0.3, -0.25) is 0 Å². The summed E-state index contributed by atoms with van der Waals surface area (Å²) in [5, 5.41) is 1.15. The average molecular weight is 230 g/mol. The van der Waals surface area contributed by atoms with E-state index in [1.807, 2.05) is 19.1 Å². The Balaban J connectivity index is 2.42. The zero-order valence-electron chi connectivity index (χ0n) is 10.4. The Morgan fingerprint density at radius 1 is 1.29 bits per heavy atom. The van der Waals surface area contributed by atoms with Gasteiger partial charge in [0.1, 0.15) is 11.3 Å². The number of rotatable bonds is 4. The van der Waals surface area contributed by atoms with Crippen LogP contribution in [0.25, 0.3) is 10.9 Å². The highest BCUT2D eigenvalue weighted by atomic mass is 16.5. The fraction of sp³-hybridized carbons (Fsp3) is 0.357. The van der Waals surface area contributed by atoms with Crippen LogP contribution in [0.15, 0.2) is 24.3 Å². The minimum Gasteiger partial charge on any atom is -0.491 e. The molecule has 3 heteroatoms. The summed E-state index contributed by atoms with van der Waals surface area (Å²) >= 11 is 0. The first-order valence-electron chi connectivity index (χ1n) is 5.92. The maximum absolute atomic E-state index is 5.73. The smallest absolute Gasteiger partial charge is 0.145 e. The van der Waals surface area contributed by atoms with Crippen LogP contribution in [0.4, 0.5) is 0 Å². The minimum absolute atomic E-state index is 0.643. The van der Waals surface area contributed by atoms with Gasteiger partial charge in [0.05, 0.1) is 6.61 Å². The Bertz CT molecular complexity index is 523. The van der Waals surface area contributed by atoms with Crippen LogP contribution in [-0.2, 0) is 0 Å². The number of nitrogens with two attached hydrogens (primary N) is 1. The molecule has 2 rings (SSSR count). The van der Waals surface area contributed by atoms with Gasteiger partial charge in [-0.15, -0.1) is 0 Å². The van der Waals surface area contributed by atoms with Gasteiger partial charge in [-0.25, -0.2) is 4.98 Å². The summed E-state index contributed by atoms with van der Waals surface area (Å²) in [6.45, 7) is 5.39. The fourth-order valence-electron chi connectivity index (χ4n) is 1.94. The second kappa shape index (κ2) is 5.15. The number of hydrogen-bond donors (Lipinski definition) is 1. The number of benzene rings is 1. The molecular weight excluding hydrogens is 212 g/mol. The standard InChI is InChI=1S/C14H18N2O/c1-10-9-11(2)16-14-12(10)5-3-6-13(14)17-8-4-7-15/h3,5-6,9H,4,7-8,15H2,1-2H3. The van der Waals surface area contributed by atoms with Crippen LogP contribution < -0.4 is 10.5 Å².